The molecule has 0 aliphatic heterocycles. The molecule has 0 aliphatic carbocycles. The second-order valence-corrected chi connectivity index (χ2v) is 5.11. The van der Waals surface area contributed by atoms with Gasteiger partial charge in [-0.3, -0.25) is 0 Å². The van der Waals surface area contributed by atoms with Crippen molar-refractivity contribution < 1.29 is 28.6 Å². The van der Waals surface area contributed by atoms with Crippen LogP contribution in [0.25, 0.3) is 0 Å². The van der Waals surface area contributed by atoms with E-state index in [1.807, 2.05) is 0 Å². The Morgan fingerprint density at radius 1 is 1.40 bits per heavy atom. The van der Waals surface area contributed by atoms with Crippen LogP contribution < -0.4 is 5.32 Å². The highest BCUT2D eigenvalue weighted by Gasteiger charge is 2.33. The molecule has 1 amide bonds. The summed E-state index contributed by atoms with van der Waals surface area (Å²) in [4.78, 5) is 23.2. The first-order valence-corrected chi connectivity index (χ1v) is 6.03. The topological polar surface area (TPSA) is 98.0 Å². The molecule has 7 heteroatoms. The van der Waals surface area contributed by atoms with Crippen molar-refractivity contribution in [3.8, 4) is 0 Å². The largest absolute Gasteiger partial charge is 0.467 e. The number of carbonyl (C=O) groups excluding carboxylic acids is 2. The number of hydrogen-bond acceptors (Lipinski definition) is 6. The highest BCUT2D eigenvalue weighted by Crippen LogP contribution is 2.19. The van der Waals surface area contributed by atoms with Gasteiger partial charge in [0.15, 0.2) is 6.10 Å². The summed E-state index contributed by atoms with van der Waals surface area (Å²) in [5.41, 5.74) is -0.700. The van der Waals surface area contributed by atoms with Crippen molar-refractivity contribution in [2.24, 2.45) is 0 Å². The number of nitrogens with one attached hydrogen (secondary N) is 1. The van der Waals surface area contributed by atoms with E-state index >= 15 is 0 Å². The normalized spacial score (nSPS) is 14.2. The van der Waals surface area contributed by atoms with Crippen LogP contribution in [0.3, 0.4) is 0 Å². The molecule has 0 aliphatic rings. The number of carbonyl (C=O) groups is 2. The maximum atomic E-state index is 11.7. The zero-order valence-corrected chi connectivity index (χ0v) is 11.9. The molecule has 1 aromatic heterocycles. The minimum atomic E-state index is -1.60. The van der Waals surface area contributed by atoms with Crippen molar-refractivity contribution in [3.63, 3.8) is 0 Å². The molecule has 0 saturated heterocycles. The van der Waals surface area contributed by atoms with E-state index in [1.165, 1.54) is 12.3 Å². The van der Waals surface area contributed by atoms with E-state index in [4.69, 9.17) is 9.15 Å². The number of methoxy groups -OCH3 is 1. The van der Waals surface area contributed by atoms with E-state index in [1.54, 1.807) is 26.8 Å². The van der Waals surface area contributed by atoms with Gasteiger partial charge in [0.05, 0.1) is 13.4 Å². The Labute approximate surface area is 116 Å². The lowest BCUT2D eigenvalue weighted by Gasteiger charge is -2.24. The fourth-order valence-corrected chi connectivity index (χ4v) is 1.47. The third-order valence-electron chi connectivity index (χ3n) is 2.28. The van der Waals surface area contributed by atoms with Gasteiger partial charge in [-0.1, -0.05) is 0 Å². The van der Waals surface area contributed by atoms with Gasteiger partial charge in [0, 0.05) is 0 Å². The third-order valence-corrected chi connectivity index (χ3v) is 2.28. The van der Waals surface area contributed by atoms with Gasteiger partial charge < -0.3 is 24.3 Å². The van der Waals surface area contributed by atoms with Crippen LogP contribution in [-0.2, 0) is 14.3 Å². The van der Waals surface area contributed by atoms with Crippen LogP contribution in [0.2, 0.25) is 0 Å². The molecule has 112 valence electrons. The van der Waals surface area contributed by atoms with Gasteiger partial charge in [-0.05, 0) is 32.9 Å². The number of alkyl carbamates (subject to hydrolysis) is 1. The highest BCUT2D eigenvalue weighted by atomic mass is 16.6. The molecule has 0 fully saturated rings. The standard InChI is InChI=1S/C13H19NO6/c1-13(2,3)20-12(17)14-9(8-6-5-7-19-8)10(15)11(16)18-4/h5-7,9-10,15H,1-4H3,(H,14,17)/t9-,10+/m0/s1. The van der Waals surface area contributed by atoms with Gasteiger partial charge in [0.1, 0.15) is 17.4 Å². The van der Waals surface area contributed by atoms with E-state index in [-0.39, 0.29) is 5.76 Å². The van der Waals surface area contributed by atoms with Crippen molar-refractivity contribution in [1.29, 1.82) is 0 Å². The molecule has 0 aromatic carbocycles. The quantitative estimate of drug-likeness (QED) is 0.811. The van der Waals surface area contributed by atoms with Crippen molar-refractivity contribution in [3.05, 3.63) is 24.2 Å². The molecule has 1 rings (SSSR count). The summed E-state index contributed by atoms with van der Waals surface area (Å²) in [5, 5.41) is 12.3. The van der Waals surface area contributed by atoms with E-state index in [0.717, 1.165) is 7.11 Å². The Morgan fingerprint density at radius 2 is 2.05 bits per heavy atom. The molecular weight excluding hydrogens is 266 g/mol. The van der Waals surface area contributed by atoms with E-state index in [9.17, 15) is 14.7 Å². The number of furan rings is 1. The monoisotopic (exact) mass is 285 g/mol. The molecule has 0 radical (unpaired) electrons. The second kappa shape index (κ2) is 6.42. The molecule has 0 saturated carbocycles. The van der Waals surface area contributed by atoms with Gasteiger partial charge in [-0.25, -0.2) is 9.59 Å². The molecule has 2 N–H and O–H groups in total. The number of hydrogen-bond donors (Lipinski definition) is 2. The summed E-state index contributed by atoms with van der Waals surface area (Å²) in [6, 6.07) is 2.00. The van der Waals surface area contributed by atoms with E-state index in [2.05, 4.69) is 10.1 Å². The zero-order chi connectivity index (χ0) is 15.3. The molecule has 2 atom stereocenters. The summed E-state index contributed by atoms with van der Waals surface area (Å²) in [5.74, 6) is -0.670. The maximum Gasteiger partial charge on any atom is 0.408 e. The van der Waals surface area contributed by atoms with Crippen molar-refractivity contribution >= 4 is 12.1 Å². The lowest BCUT2D eigenvalue weighted by Crippen LogP contribution is -2.42. The molecule has 7 nitrogen and oxygen atoms in total. The van der Waals surface area contributed by atoms with Crippen LogP contribution in [0.5, 0.6) is 0 Å². The summed E-state index contributed by atoms with van der Waals surface area (Å²) in [7, 11) is 1.14. The molecule has 0 spiro atoms. The summed E-state index contributed by atoms with van der Waals surface area (Å²) in [6.45, 7) is 5.10. The second-order valence-electron chi connectivity index (χ2n) is 5.11. The van der Waals surface area contributed by atoms with Crippen LogP contribution >= 0.6 is 0 Å². The lowest BCUT2D eigenvalue weighted by molar-refractivity contribution is -0.152. The van der Waals surface area contributed by atoms with Gasteiger partial charge in [-0.2, -0.15) is 0 Å². The Hall–Kier alpha value is -2.02. The minimum absolute atomic E-state index is 0.216. The van der Waals surface area contributed by atoms with Gasteiger partial charge in [-0.15, -0.1) is 0 Å². The summed E-state index contributed by atoms with van der Waals surface area (Å²) in [6.07, 6.45) is -1.01. The maximum absolute atomic E-state index is 11.7. The van der Waals surface area contributed by atoms with Crippen molar-refractivity contribution in [2.45, 2.75) is 38.5 Å². The van der Waals surface area contributed by atoms with Crippen LogP contribution in [-0.4, -0.2) is 36.0 Å². The fraction of sp³-hybridized carbons (Fsp3) is 0.538. The van der Waals surface area contributed by atoms with Gasteiger partial charge in [0.25, 0.3) is 0 Å². The average Bonchev–Trinajstić information content (AvgIpc) is 2.85. The van der Waals surface area contributed by atoms with Crippen LogP contribution in [0.1, 0.15) is 32.6 Å². The number of amides is 1. The Bertz CT molecular complexity index is 448. The SMILES string of the molecule is COC(=O)[C@H](O)[C@@H](NC(=O)OC(C)(C)C)c1ccco1. The number of rotatable bonds is 4. The molecular formula is C13H19NO6. The third kappa shape index (κ3) is 4.58. The van der Waals surface area contributed by atoms with Gasteiger partial charge >= 0.3 is 12.1 Å². The highest BCUT2D eigenvalue weighted by molar-refractivity contribution is 5.77. The predicted molar refractivity (Wildman–Crippen MR) is 68.8 cm³/mol. The first kappa shape index (κ1) is 16.0. The summed E-state index contributed by atoms with van der Waals surface area (Å²) >= 11 is 0. The molecule has 0 bridgehead atoms. The Kier molecular flexibility index (Phi) is 5.15. The number of esters is 1. The smallest absolute Gasteiger partial charge is 0.408 e. The predicted octanol–water partition coefficient (Wildman–Crippen LogP) is 1.38. The first-order chi connectivity index (χ1) is 9.24. The zero-order valence-electron chi connectivity index (χ0n) is 11.9. The Balaban J connectivity index is 2.84. The average molecular weight is 285 g/mol. The number of ether oxygens (including phenoxy) is 2. The minimum Gasteiger partial charge on any atom is -0.467 e. The molecule has 20 heavy (non-hydrogen) atoms. The first-order valence-electron chi connectivity index (χ1n) is 6.03. The van der Waals surface area contributed by atoms with Crippen LogP contribution in [0.4, 0.5) is 4.79 Å². The lowest BCUT2D eigenvalue weighted by atomic mass is 10.1. The molecule has 1 heterocycles. The van der Waals surface area contributed by atoms with Crippen LogP contribution in [0, 0.1) is 0 Å². The van der Waals surface area contributed by atoms with Gasteiger partial charge in [0.2, 0.25) is 0 Å². The fourth-order valence-electron chi connectivity index (χ4n) is 1.47. The Morgan fingerprint density at radius 3 is 2.50 bits per heavy atom. The summed E-state index contributed by atoms with van der Waals surface area (Å²) < 4.78 is 14.6. The van der Waals surface area contributed by atoms with Crippen LogP contribution in [0.15, 0.2) is 22.8 Å². The van der Waals surface area contributed by atoms with Crippen molar-refractivity contribution in [1.82, 2.24) is 5.32 Å². The molecule has 1 aromatic rings. The van der Waals surface area contributed by atoms with E-state index in [0.29, 0.717) is 0 Å². The molecule has 0 unspecified atom stereocenters. The van der Waals surface area contributed by atoms with Crippen molar-refractivity contribution in [2.75, 3.05) is 7.11 Å². The van der Waals surface area contributed by atoms with E-state index < -0.39 is 29.8 Å². The number of aliphatic hydroxyl groups excluding tert-OH is 1. The number of aliphatic hydroxyl groups is 1.